The van der Waals surface area contributed by atoms with Crippen LogP contribution < -0.4 is 0 Å². The Labute approximate surface area is 107 Å². The molecule has 0 saturated heterocycles. The summed E-state index contributed by atoms with van der Waals surface area (Å²) in [6.07, 6.45) is 5.12. The first-order valence-electron chi connectivity index (χ1n) is 6.32. The molecule has 0 aliphatic heterocycles. The minimum absolute atomic E-state index is 0.347. The van der Waals surface area contributed by atoms with Crippen LogP contribution in [0.4, 0.5) is 0 Å². The van der Waals surface area contributed by atoms with Crippen molar-refractivity contribution < 1.29 is 9.53 Å². The van der Waals surface area contributed by atoms with Crippen LogP contribution in [0.1, 0.15) is 48.0 Å². The predicted molar refractivity (Wildman–Crippen MR) is 68.2 cm³/mol. The zero-order valence-corrected chi connectivity index (χ0v) is 10.6. The van der Waals surface area contributed by atoms with E-state index >= 15 is 0 Å². The molecule has 0 aromatic heterocycles. The van der Waals surface area contributed by atoms with Crippen molar-refractivity contribution in [2.24, 2.45) is 0 Å². The summed E-state index contributed by atoms with van der Waals surface area (Å²) in [5, 5.41) is 9.52. The molecule has 0 bridgehead atoms. The van der Waals surface area contributed by atoms with Crippen LogP contribution in [0.5, 0.6) is 0 Å². The minimum atomic E-state index is -0.414. The number of ether oxygens (including phenoxy) is 1. The van der Waals surface area contributed by atoms with Gasteiger partial charge in [-0.25, -0.2) is 4.79 Å². The Morgan fingerprint density at radius 3 is 2.67 bits per heavy atom. The van der Waals surface area contributed by atoms with Crippen LogP contribution in [0.15, 0.2) is 24.3 Å². The van der Waals surface area contributed by atoms with Crippen molar-refractivity contribution in [1.82, 2.24) is 0 Å². The molecule has 0 unspecified atom stereocenters. The molecule has 1 fully saturated rings. The quantitative estimate of drug-likeness (QED) is 0.749. The summed E-state index contributed by atoms with van der Waals surface area (Å²) in [5.74, 6) is -0.347. The van der Waals surface area contributed by atoms with E-state index in [0.29, 0.717) is 5.56 Å². The maximum Gasteiger partial charge on any atom is 0.337 e. The van der Waals surface area contributed by atoms with Gasteiger partial charge in [-0.15, -0.1) is 0 Å². The molecule has 0 atom stereocenters. The number of carbonyl (C=O) groups is 1. The smallest absolute Gasteiger partial charge is 0.337 e. The zero-order valence-electron chi connectivity index (χ0n) is 10.6. The van der Waals surface area contributed by atoms with Crippen molar-refractivity contribution in [3.63, 3.8) is 0 Å². The Morgan fingerprint density at radius 2 is 2.06 bits per heavy atom. The third-order valence-electron chi connectivity index (χ3n) is 3.76. The van der Waals surface area contributed by atoms with Gasteiger partial charge in [0.15, 0.2) is 0 Å². The highest BCUT2D eigenvalue weighted by molar-refractivity contribution is 5.89. The highest BCUT2D eigenvalue weighted by Crippen LogP contribution is 2.39. The summed E-state index contributed by atoms with van der Waals surface area (Å²) in [6, 6.07) is 9.77. The fourth-order valence-electron chi connectivity index (χ4n) is 2.68. The van der Waals surface area contributed by atoms with Crippen molar-refractivity contribution in [3.05, 3.63) is 35.4 Å². The Kier molecular flexibility index (Phi) is 3.66. The van der Waals surface area contributed by atoms with Crippen LogP contribution in [0, 0.1) is 11.3 Å². The van der Waals surface area contributed by atoms with Gasteiger partial charge in [0.25, 0.3) is 0 Å². The summed E-state index contributed by atoms with van der Waals surface area (Å²) < 4.78 is 4.72. The molecule has 0 heterocycles. The van der Waals surface area contributed by atoms with Gasteiger partial charge in [0.1, 0.15) is 0 Å². The second-order valence-electron chi connectivity index (χ2n) is 4.83. The molecule has 0 amide bonds. The highest BCUT2D eigenvalue weighted by atomic mass is 16.5. The number of esters is 1. The number of benzene rings is 1. The molecule has 1 aromatic carbocycles. The van der Waals surface area contributed by atoms with Crippen LogP contribution in [0.2, 0.25) is 0 Å². The van der Waals surface area contributed by atoms with Crippen molar-refractivity contribution in [2.45, 2.75) is 37.5 Å². The largest absolute Gasteiger partial charge is 0.465 e. The number of carbonyl (C=O) groups excluding carboxylic acids is 1. The standard InChI is InChI=1S/C15H17NO2/c1-18-14(17)12-6-5-7-13(10-12)15(11-16)8-3-2-4-9-15/h5-7,10H,2-4,8-9H2,1H3. The van der Waals surface area contributed by atoms with Gasteiger partial charge >= 0.3 is 5.97 Å². The fraction of sp³-hybridized carbons (Fsp3) is 0.467. The topological polar surface area (TPSA) is 50.1 Å². The van der Waals surface area contributed by atoms with E-state index < -0.39 is 5.41 Å². The second kappa shape index (κ2) is 5.22. The molecule has 1 aliphatic carbocycles. The Balaban J connectivity index is 2.37. The van der Waals surface area contributed by atoms with E-state index in [4.69, 9.17) is 4.74 Å². The molecule has 3 nitrogen and oxygen atoms in total. The molecule has 0 spiro atoms. The maximum absolute atomic E-state index is 11.5. The van der Waals surface area contributed by atoms with E-state index in [1.54, 1.807) is 12.1 Å². The van der Waals surface area contributed by atoms with Crippen molar-refractivity contribution in [1.29, 1.82) is 5.26 Å². The summed E-state index contributed by atoms with van der Waals surface area (Å²) >= 11 is 0. The van der Waals surface area contributed by atoms with E-state index in [-0.39, 0.29) is 5.97 Å². The summed E-state index contributed by atoms with van der Waals surface area (Å²) in [6.45, 7) is 0. The number of hydrogen-bond donors (Lipinski definition) is 0. The van der Waals surface area contributed by atoms with E-state index in [1.165, 1.54) is 13.5 Å². The molecule has 3 heteroatoms. The van der Waals surface area contributed by atoms with Crippen molar-refractivity contribution in [3.8, 4) is 6.07 Å². The Bertz CT molecular complexity index is 482. The van der Waals surface area contributed by atoms with Gasteiger partial charge in [0.2, 0.25) is 0 Å². The lowest BCUT2D eigenvalue weighted by atomic mass is 9.70. The number of rotatable bonds is 2. The molecule has 94 valence electrons. The zero-order chi connectivity index (χ0) is 13.0. The van der Waals surface area contributed by atoms with Gasteiger partial charge < -0.3 is 4.74 Å². The van der Waals surface area contributed by atoms with Gasteiger partial charge in [0, 0.05) is 0 Å². The molecule has 1 saturated carbocycles. The summed E-state index contributed by atoms with van der Waals surface area (Å²) in [5.41, 5.74) is 1.06. The SMILES string of the molecule is COC(=O)c1cccc(C2(C#N)CCCCC2)c1. The predicted octanol–water partition coefficient (Wildman–Crippen LogP) is 3.20. The van der Waals surface area contributed by atoms with Crippen LogP contribution in [-0.4, -0.2) is 13.1 Å². The van der Waals surface area contributed by atoms with Gasteiger partial charge in [-0.1, -0.05) is 31.4 Å². The molecular weight excluding hydrogens is 226 g/mol. The normalized spacial score (nSPS) is 17.8. The van der Waals surface area contributed by atoms with Crippen LogP contribution in [-0.2, 0) is 10.2 Å². The number of hydrogen-bond acceptors (Lipinski definition) is 3. The molecule has 1 aliphatic rings. The average Bonchev–Trinajstić information content (AvgIpc) is 2.47. The maximum atomic E-state index is 11.5. The third kappa shape index (κ3) is 2.24. The molecule has 1 aromatic rings. The van der Waals surface area contributed by atoms with Crippen LogP contribution in [0.25, 0.3) is 0 Å². The molecule has 2 rings (SSSR count). The lowest BCUT2D eigenvalue weighted by Crippen LogP contribution is -2.27. The van der Waals surface area contributed by atoms with E-state index in [1.807, 2.05) is 12.1 Å². The lowest BCUT2D eigenvalue weighted by Gasteiger charge is -2.31. The van der Waals surface area contributed by atoms with E-state index in [9.17, 15) is 10.1 Å². The van der Waals surface area contributed by atoms with Crippen molar-refractivity contribution >= 4 is 5.97 Å². The molecule has 0 N–H and O–H groups in total. The minimum Gasteiger partial charge on any atom is -0.465 e. The number of nitriles is 1. The average molecular weight is 243 g/mol. The number of nitrogens with zero attached hydrogens (tertiary/aromatic N) is 1. The number of methoxy groups -OCH3 is 1. The first-order chi connectivity index (χ1) is 8.72. The summed E-state index contributed by atoms with van der Waals surface area (Å²) in [4.78, 5) is 11.5. The first-order valence-corrected chi connectivity index (χ1v) is 6.32. The van der Waals surface area contributed by atoms with Gasteiger partial charge in [-0.3, -0.25) is 0 Å². The van der Waals surface area contributed by atoms with Gasteiger partial charge in [0.05, 0.1) is 24.2 Å². The van der Waals surface area contributed by atoms with E-state index in [0.717, 1.165) is 31.2 Å². The lowest BCUT2D eigenvalue weighted by molar-refractivity contribution is 0.0600. The van der Waals surface area contributed by atoms with E-state index in [2.05, 4.69) is 6.07 Å². The van der Waals surface area contributed by atoms with Crippen LogP contribution in [0.3, 0.4) is 0 Å². The monoisotopic (exact) mass is 243 g/mol. The second-order valence-corrected chi connectivity index (χ2v) is 4.83. The summed E-state index contributed by atoms with van der Waals surface area (Å²) in [7, 11) is 1.37. The fourth-order valence-corrected chi connectivity index (χ4v) is 2.68. The molecule has 0 radical (unpaired) electrons. The third-order valence-corrected chi connectivity index (χ3v) is 3.76. The van der Waals surface area contributed by atoms with Crippen LogP contribution >= 0.6 is 0 Å². The van der Waals surface area contributed by atoms with Gasteiger partial charge in [-0.05, 0) is 30.5 Å². The first kappa shape index (κ1) is 12.6. The van der Waals surface area contributed by atoms with Gasteiger partial charge in [-0.2, -0.15) is 5.26 Å². The van der Waals surface area contributed by atoms with Crippen molar-refractivity contribution in [2.75, 3.05) is 7.11 Å². The Morgan fingerprint density at radius 1 is 1.33 bits per heavy atom. The highest BCUT2D eigenvalue weighted by Gasteiger charge is 2.34. The molecule has 18 heavy (non-hydrogen) atoms. The molecular formula is C15H17NO2. The Hall–Kier alpha value is -1.82.